The second kappa shape index (κ2) is 3.58. The summed E-state index contributed by atoms with van der Waals surface area (Å²) in [5.41, 5.74) is 4.63. The predicted octanol–water partition coefficient (Wildman–Crippen LogP) is 2.44. The highest BCUT2D eigenvalue weighted by molar-refractivity contribution is 5.28. The second-order valence-electron chi connectivity index (χ2n) is 4.76. The van der Waals surface area contributed by atoms with Gasteiger partial charge in [-0.1, -0.05) is 19.1 Å². The van der Waals surface area contributed by atoms with E-state index in [-0.39, 0.29) is 17.3 Å². The summed E-state index contributed by atoms with van der Waals surface area (Å²) in [6.07, 6.45) is 2.30. The Morgan fingerprint density at radius 2 is 2.13 bits per heavy atom. The van der Waals surface area contributed by atoms with Crippen LogP contribution in [0.4, 0.5) is 4.39 Å². The number of halogens is 1. The minimum atomic E-state index is -0.156. The van der Waals surface area contributed by atoms with Crippen molar-refractivity contribution in [1.29, 1.82) is 0 Å². The van der Waals surface area contributed by atoms with Crippen LogP contribution < -0.4 is 11.3 Å². The molecule has 1 unspecified atom stereocenters. The summed E-state index contributed by atoms with van der Waals surface area (Å²) in [6.45, 7) is 3.94. The molecule has 1 aromatic carbocycles. The maximum Gasteiger partial charge on any atom is 0.126 e. The minimum Gasteiger partial charge on any atom is -0.271 e. The average molecular weight is 208 g/mol. The lowest BCUT2D eigenvalue weighted by Gasteiger charge is -2.23. The fourth-order valence-corrected chi connectivity index (χ4v) is 1.97. The topological polar surface area (TPSA) is 38.0 Å². The molecule has 0 spiro atoms. The molecule has 0 bridgehead atoms. The Labute approximate surface area is 89.6 Å². The Morgan fingerprint density at radius 3 is 2.60 bits per heavy atom. The van der Waals surface area contributed by atoms with E-state index < -0.39 is 0 Å². The van der Waals surface area contributed by atoms with Gasteiger partial charge >= 0.3 is 0 Å². The van der Waals surface area contributed by atoms with Gasteiger partial charge in [0.05, 0.1) is 6.04 Å². The molecular formula is C12H17FN2. The van der Waals surface area contributed by atoms with Crippen molar-refractivity contribution in [3.63, 3.8) is 0 Å². The number of rotatable bonds is 3. The molecule has 0 aliphatic heterocycles. The SMILES string of the molecule is Cc1ccc(C(NN)C2(C)CC2)cc1F. The van der Waals surface area contributed by atoms with Crippen molar-refractivity contribution in [1.82, 2.24) is 5.43 Å². The normalized spacial score (nSPS) is 20.0. The lowest BCUT2D eigenvalue weighted by Crippen LogP contribution is -2.33. The van der Waals surface area contributed by atoms with Gasteiger partial charge < -0.3 is 0 Å². The molecule has 1 fully saturated rings. The standard InChI is InChI=1S/C12H17FN2/c1-8-3-4-9(7-10(8)13)11(15-14)12(2)5-6-12/h3-4,7,11,15H,5-6,14H2,1-2H3. The first-order valence-electron chi connectivity index (χ1n) is 5.29. The van der Waals surface area contributed by atoms with E-state index in [1.54, 1.807) is 19.1 Å². The van der Waals surface area contributed by atoms with Crippen LogP contribution in [0, 0.1) is 18.2 Å². The van der Waals surface area contributed by atoms with Gasteiger partial charge in [-0.3, -0.25) is 11.3 Å². The molecule has 3 heteroatoms. The Hall–Kier alpha value is -0.930. The molecule has 0 aromatic heterocycles. The number of hydrogen-bond acceptors (Lipinski definition) is 2. The van der Waals surface area contributed by atoms with Crippen molar-refractivity contribution in [2.24, 2.45) is 11.3 Å². The smallest absolute Gasteiger partial charge is 0.126 e. The van der Waals surface area contributed by atoms with Gasteiger partial charge in [-0.15, -0.1) is 0 Å². The van der Waals surface area contributed by atoms with E-state index in [4.69, 9.17) is 5.84 Å². The van der Waals surface area contributed by atoms with Crippen LogP contribution in [0.15, 0.2) is 18.2 Å². The molecule has 1 aliphatic rings. The van der Waals surface area contributed by atoms with Crippen LogP contribution >= 0.6 is 0 Å². The van der Waals surface area contributed by atoms with Crippen molar-refractivity contribution in [3.8, 4) is 0 Å². The van der Waals surface area contributed by atoms with Crippen LogP contribution in [0.5, 0.6) is 0 Å². The number of hydrogen-bond donors (Lipinski definition) is 2. The highest BCUT2D eigenvalue weighted by Gasteiger charge is 2.45. The van der Waals surface area contributed by atoms with Crippen LogP contribution in [-0.4, -0.2) is 0 Å². The van der Waals surface area contributed by atoms with Crippen molar-refractivity contribution >= 4 is 0 Å². The molecule has 15 heavy (non-hydrogen) atoms. The first-order chi connectivity index (χ1) is 7.07. The third-order valence-electron chi connectivity index (χ3n) is 3.43. The second-order valence-corrected chi connectivity index (χ2v) is 4.76. The van der Waals surface area contributed by atoms with Gasteiger partial charge in [-0.25, -0.2) is 4.39 Å². The molecule has 0 amide bonds. The molecule has 0 saturated heterocycles. The zero-order chi connectivity index (χ0) is 11.1. The molecule has 82 valence electrons. The summed E-state index contributed by atoms with van der Waals surface area (Å²) >= 11 is 0. The largest absolute Gasteiger partial charge is 0.271 e. The third-order valence-corrected chi connectivity index (χ3v) is 3.43. The molecular weight excluding hydrogens is 191 g/mol. The van der Waals surface area contributed by atoms with Crippen LogP contribution in [0.2, 0.25) is 0 Å². The highest BCUT2D eigenvalue weighted by atomic mass is 19.1. The molecule has 2 rings (SSSR count). The monoisotopic (exact) mass is 208 g/mol. The van der Waals surface area contributed by atoms with E-state index >= 15 is 0 Å². The number of benzene rings is 1. The lowest BCUT2D eigenvalue weighted by atomic mass is 9.92. The Morgan fingerprint density at radius 1 is 1.47 bits per heavy atom. The Balaban J connectivity index is 2.31. The summed E-state index contributed by atoms with van der Waals surface area (Å²) < 4.78 is 13.4. The zero-order valence-electron chi connectivity index (χ0n) is 9.18. The molecule has 1 aliphatic carbocycles. The molecule has 1 aromatic rings. The van der Waals surface area contributed by atoms with Crippen LogP contribution in [0.3, 0.4) is 0 Å². The lowest BCUT2D eigenvalue weighted by molar-refractivity contribution is 0.371. The number of nitrogens with two attached hydrogens (primary N) is 1. The number of aryl methyl sites for hydroxylation is 1. The van der Waals surface area contributed by atoms with Crippen molar-refractivity contribution in [3.05, 3.63) is 35.1 Å². The van der Waals surface area contributed by atoms with Gasteiger partial charge in [0.15, 0.2) is 0 Å². The molecule has 0 heterocycles. The summed E-state index contributed by atoms with van der Waals surface area (Å²) in [4.78, 5) is 0. The molecule has 3 N–H and O–H groups in total. The van der Waals surface area contributed by atoms with E-state index in [1.807, 2.05) is 6.07 Å². The van der Waals surface area contributed by atoms with Crippen molar-refractivity contribution in [2.75, 3.05) is 0 Å². The number of nitrogens with one attached hydrogen (secondary N) is 1. The Kier molecular flexibility index (Phi) is 2.52. The van der Waals surface area contributed by atoms with Crippen LogP contribution in [0.25, 0.3) is 0 Å². The summed E-state index contributed by atoms with van der Waals surface area (Å²) in [5.74, 6) is 5.39. The maximum atomic E-state index is 13.4. The molecule has 1 atom stereocenters. The van der Waals surface area contributed by atoms with E-state index in [0.29, 0.717) is 5.56 Å². The summed E-state index contributed by atoms with van der Waals surface area (Å²) in [7, 11) is 0. The van der Waals surface area contributed by atoms with Crippen molar-refractivity contribution < 1.29 is 4.39 Å². The number of hydrazine groups is 1. The van der Waals surface area contributed by atoms with Gasteiger partial charge in [0.1, 0.15) is 5.82 Å². The summed E-state index contributed by atoms with van der Waals surface area (Å²) in [6, 6.07) is 5.41. The van der Waals surface area contributed by atoms with Crippen molar-refractivity contribution in [2.45, 2.75) is 32.7 Å². The average Bonchev–Trinajstić information content (AvgIpc) is 2.92. The Bertz CT molecular complexity index is 372. The van der Waals surface area contributed by atoms with Gasteiger partial charge in [0.2, 0.25) is 0 Å². The van der Waals surface area contributed by atoms with Crippen LogP contribution in [0.1, 0.15) is 36.9 Å². The highest BCUT2D eigenvalue weighted by Crippen LogP contribution is 2.54. The van der Waals surface area contributed by atoms with Gasteiger partial charge in [0, 0.05) is 0 Å². The third kappa shape index (κ3) is 1.90. The van der Waals surface area contributed by atoms with Gasteiger partial charge in [-0.2, -0.15) is 0 Å². The quantitative estimate of drug-likeness (QED) is 0.591. The maximum absolute atomic E-state index is 13.4. The molecule has 1 saturated carbocycles. The van der Waals surface area contributed by atoms with E-state index in [1.165, 1.54) is 0 Å². The minimum absolute atomic E-state index is 0.0626. The van der Waals surface area contributed by atoms with E-state index in [9.17, 15) is 4.39 Å². The molecule has 2 nitrogen and oxygen atoms in total. The first kappa shape index (κ1) is 10.6. The first-order valence-corrected chi connectivity index (χ1v) is 5.29. The predicted molar refractivity (Wildman–Crippen MR) is 58.5 cm³/mol. The van der Waals surface area contributed by atoms with Crippen LogP contribution in [-0.2, 0) is 0 Å². The fourth-order valence-electron chi connectivity index (χ4n) is 1.97. The van der Waals surface area contributed by atoms with Gasteiger partial charge in [0.25, 0.3) is 0 Å². The van der Waals surface area contributed by atoms with E-state index in [2.05, 4.69) is 12.3 Å². The van der Waals surface area contributed by atoms with E-state index in [0.717, 1.165) is 18.4 Å². The summed E-state index contributed by atoms with van der Waals surface area (Å²) in [5, 5.41) is 0. The zero-order valence-corrected chi connectivity index (χ0v) is 9.18. The molecule has 0 radical (unpaired) electrons. The van der Waals surface area contributed by atoms with Gasteiger partial charge in [-0.05, 0) is 42.4 Å². The fraction of sp³-hybridized carbons (Fsp3) is 0.500.